The number of hydrogen-bond donors (Lipinski definition) is 5. The molecule has 0 aliphatic carbocycles. The predicted molar refractivity (Wildman–Crippen MR) is 199 cm³/mol. The highest BCUT2D eigenvalue weighted by Crippen LogP contribution is 2.35. The molecule has 0 saturated carbocycles. The lowest BCUT2D eigenvalue weighted by Gasteiger charge is -2.16. The third-order valence-corrected chi connectivity index (χ3v) is 10.5. The van der Waals surface area contributed by atoms with Crippen LogP contribution >= 0.6 is 11.6 Å². The summed E-state index contributed by atoms with van der Waals surface area (Å²) >= 11 is 6.23. The van der Waals surface area contributed by atoms with Gasteiger partial charge in [0.1, 0.15) is 0 Å². The van der Waals surface area contributed by atoms with Gasteiger partial charge in [0.25, 0.3) is 0 Å². The van der Waals surface area contributed by atoms with Crippen molar-refractivity contribution in [3.63, 3.8) is 0 Å². The van der Waals surface area contributed by atoms with Crippen LogP contribution in [0.15, 0.2) is 123 Å². The van der Waals surface area contributed by atoms with Crippen molar-refractivity contribution in [1.82, 2.24) is 19.4 Å². The molecular formula is C34H34ClN9O4S2. The number of aromatic nitrogens is 2. The van der Waals surface area contributed by atoms with Gasteiger partial charge in [-0.3, -0.25) is 10.9 Å². The van der Waals surface area contributed by atoms with E-state index in [1.807, 2.05) is 42.5 Å². The van der Waals surface area contributed by atoms with Gasteiger partial charge in [0.15, 0.2) is 11.6 Å². The Morgan fingerprint density at radius 3 is 1.48 bits per heavy atom. The molecule has 50 heavy (non-hydrogen) atoms. The first-order valence-corrected chi connectivity index (χ1v) is 18.4. The number of halogens is 1. The normalized spacial score (nSPS) is 12.4. The fourth-order valence-corrected chi connectivity index (χ4v) is 6.19. The smallest absolute Gasteiger partial charge is 0.240 e. The minimum atomic E-state index is -3.59. The minimum absolute atomic E-state index is 0.132. The Hall–Kier alpha value is -5.19. The van der Waals surface area contributed by atoms with E-state index < -0.39 is 20.0 Å². The summed E-state index contributed by atoms with van der Waals surface area (Å²) in [6.07, 6.45) is 0. The molecule has 1 heterocycles. The number of nitrogens with zero attached hydrogens (tertiary/aromatic N) is 4. The topological polar surface area (TPSA) is 179 Å². The van der Waals surface area contributed by atoms with Crippen molar-refractivity contribution < 1.29 is 16.8 Å². The van der Waals surface area contributed by atoms with Gasteiger partial charge in [-0.1, -0.05) is 66.2 Å². The summed E-state index contributed by atoms with van der Waals surface area (Å²) in [5.41, 5.74) is 10.6. The summed E-state index contributed by atoms with van der Waals surface area (Å²) in [6, 6.07) is 29.2. The predicted octanol–water partition coefficient (Wildman–Crippen LogP) is 6.03. The monoisotopic (exact) mass is 731 g/mol. The molecule has 0 aliphatic rings. The molecule has 0 spiro atoms. The second-order valence-electron chi connectivity index (χ2n) is 10.7. The highest BCUT2D eigenvalue weighted by Gasteiger charge is 2.18. The maximum Gasteiger partial charge on any atom is 0.240 e. The van der Waals surface area contributed by atoms with Crippen molar-refractivity contribution in [3.05, 3.63) is 119 Å². The maximum absolute atomic E-state index is 12.2. The van der Waals surface area contributed by atoms with E-state index in [0.29, 0.717) is 50.3 Å². The number of anilines is 4. The third kappa shape index (κ3) is 8.69. The molecule has 5 aromatic rings. The molecule has 5 N–H and O–H groups in total. The highest BCUT2D eigenvalue weighted by atomic mass is 35.5. The van der Waals surface area contributed by atoms with Crippen LogP contribution in [0.2, 0.25) is 5.02 Å². The molecule has 16 heteroatoms. The van der Waals surface area contributed by atoms with Gasteiger partial charge in [0, 0.05) is 10.7 Å². The van der Waals surface area contributed by atoms with E-state index in [1.54, 1.807) is 50.2 Å². The van der Waals surface area contributed by atoms with Gasteiger partial charge in [-0.25, -0.2) is 26.3 Å². The Bertz CT molecular complexity index is 2130. The van der Waals surface area contributed by atoms with Gasteiger partial charge in [-0.05, 0) is 93.2 Å². The zero-order valence-electron chi connectivity index (χ0n) is 27.4. The summed E-state index contributed by atoms with van der Waals surface area (Å²) in [6.45, 7) is 3.56. The van der Waals surface area contributed by atoms with Crippen LogP contribution in [0.25, 0.3) is 11.1 Å². The standard InChI is InChI=1S/C34H34ClN9O4S2/c1-22(24-12-18-29(19-13-24)49(45,46)36-3)41-43-32-31(26-10-16-27(35)17-11-26)33(40-34(39-32)38-28-8-6-5-7-9-28)44-42-23(2)25-14-20-30(21-15-25)50(47,48)37-4/h5-21,36-37H,1-4H3,(H3,38,39,40,43,44). The van der Waals surface area contributed by atoms with Crippen molar-refractivity contribution >= 4 is 66.3 Å². The average Bonchev–Trinajstić information content (AvgIpc) is 3.13. The number of sulfonamides is 2. The Labute approximate surface area is 296 Å². The lowest BCUT2D eigenvalue weighted by molar-refractivity contribution is 0.586. The van der Waals surface area contributed by atoms with Crippen molar-refractivity contribution in [2.75, 3.05) is 30.3 Å². The second kappa shape index (κ2) is 15.6. The van der Waals surface area contributed by atoms with Crippen LogP contribution in [-0.4, -0.2) is 52.3 Å². The van der Waals surface area contributed by atoms with Crippen LogP contribution in [0.3, 0.4) is 0 Å². The lowest BCUT2D eigenvalue weighted by Crippen LogP contribution is -2.18. The zero-order valence-corrected chi connectivity index (χ0v) is 29.8. The number of benzene rings is 4. The van der Waals surface area contributed by atoms with E-state index in [0.717, 1.165) is 5.69 Å². The number of nitrogens with one attached hydrogen (secondary N) is 5. The molecule has 0 atom stereocenters. The van der Waals surface area contributed by atoms with Crippen molar-refractivity contribution in [3.8, 4) is 11.1 Å². The fraction of sp³-hybridized carbons (Fsp3) is 0.118. The van der Waals surface area contributed by atoms with Gasteiger partial charge in [0.05, 0.1) is 26.8 Å². The van der Waals surface area contributed by atoms with Crippen LogP contribution < -0.4 is 25.6 Å². The molecule has 13 nitrogen and oxygen atoms in total. The van der Waals surface area contributed by atoms with E-state index in [-0.39, 0.29) is 15.7 Å². The summed E-state index contributed by atoms with van der Waals surface area (Å²) in [7, 11) is -4.48. The molecule has 0 amide bonds. The molecule has 1 aromatic heterocycles. The number of rotatable bonds is 13. The van der Waals surface area contributed by atoms with Gasteiger partial charge in [-0.15, -0.1) is 0 Å². The summed E-state index contributed by atoms with van der Waals surface area (Å²) < 4.78 is 53.4. The van der Waals surface area contributed by atoms with Crippen LogP contribution in [0, 0.1) is 0 Å². The number of hydrogen-bond acceptors (Lipinski definition) is 11. The zero-order chi connectivity index (χ0) is 35.9. The van der Waals surface area contributed by atoms with E-state index in [4.69, 9.17) is 21.6 Å². The molecular weight excluding hydrogens is 698 g/mol. The first kappa shape index (κ1) is 36.1. The summed E-state index contributed by atoms with van der Waals surface area (Å²) in [5.74, 6) is 0.890. The first-order valence-electron chi connectivity index (χ1n) is 15.1. The summed E-state index contributed by atoms with van der Waals surface area (Å²) in [5, 5.41) is 12.9. The SMILES string of the molecule is CNS(=O)(=O)c1ccc(C(C)=NNc2nc(Nc3ccccc3)nc(NN=C(C)c3ccc(S(=O)(=O)NC)cc3)c2-c2ccc(Cl)cc2)cc1. The molecule has 0 saturated heterocycles. The van der Waals surface area contributed by atoms with Crippen LogP contribution in [0.4, 0.5) is 23.3 Å². The van der Waals surface area contributed by atoms with E-state index in [1.165, 1.54) is 38.4 Å². The van der Waals surface area contributed by atoms with Crippen molar-refractivity contribution in [2.45, 2.75) is 23.6 Å². The molecule has 4 aromatic carbocycles. The molecule has 0 bridgehead atoms. The molecule has 258 valence electrons. The minimum Gasteiger partial charge on any atom is -0.324 e. The molecule has 0 aliphatic heterocycles. The molecule has 0 radical (unpaired) electrons. The van der Waals surface area contributed by atoms with Crippen LogP contribution in [0.5, 0.6) is 0 Å². The Balaban J connectivity index is 1.57. The van der Waals surface area contributed by atoms with Crippen molar-refractivity contribution in [2.24, 2.45) is 10.2 Å². The number of hydrazone groups is 2. The van der Waals surface area contributed by atoms with E-state index in [9.17, 15) is 16.8 Å². The summed E-state index contributed by atoms with van der Waals surface area (Å²) in [4.78, 5) is 9.79. The average molecular weight is 732 g/mol. The van der Waals surface area contributed by atoms with Gasteiger partial charge >= 0.3 is 0 Å². The molecule has 5 rings (SSSR count). The highest BCUT2D eigenvalue weighted by molar-refractivity contribution is 7.89. The Morgan fingerprint density at radius 2 is 1.06 bits per heavy atom. The molecule has 0 fully saturated rings. The third-order valence-electron chi connectivity index (χ3n) is 7.43. The fourth-order valence-electron chi connectivity index (χ4n) is 4.61. The van der Waals surface area contributed by atoms with Crippen LogP contribution in [-0.2, 0) is 20.0 Å². The Kier molecular flexibility index (Phi) is 11.2. The van der Waals surface area contributed by atoms with E-state index >= 15 is 0 Å². The van der Waals surface area contributed by atoms with Crippen LogP contribution in [0.1, 0.15) is 25.0 Å². The molecule has 0 unspecified atom stereocenters. The lowest BCUT2D eigenvalue weighted by atomic mass is 10.1. The van der Waals surface area contributed by atoms with Crippen molar-refractivity contribution in [1.29, 1.82) is 0 Å². The number of para-hydroxylation sites is 1. The Morgan fingerprint density at radius 1 is 0.620 bits per heavy atom. The quantitative estimate of drug-likeness (QED) is 0.0714. The van der Waals surface area contributed by atoms with Gasteiger partial charge in [0.2, 0.25) is 26.0 Å². The first-order chi connectivity index (χ1) is 23.9. The largest absolute Gasteiger partial charge is 0.324 e. The van der Waals surface area contributed by atoms with E-state index in [2.05, 4.69) is 35.8 Å². The van der Waals surface area contributed by atoms with Gasteiger partial charge in [-0.2, -0.15) is 20.2 Å². The van der Waals surface area contributed by atoms with Gasteiger partial charge < -0.3 is 5.32 Å². The maximum atomic E-state index is 12.2. The second-order valence-corrected chi connectivity index (χ2v) is 14.9.